The number of benzene rings is 1. The molecule has 1 aromatic carbocycles. The summed E-state index contributed by atoms with van der Waals surface area (Å²) in [6, 6.07) is 4.55. The summed E-state index contributed by atoms with van der Waals surface area (Å²) in [5, 5.41) is 3.25. The van der Waals surface area contributed by atoms with Gasteiger partial charge in [0.05, 0.1) is 30.8 Å². The molecule has 0 radical (unpaired) electrons. The van der Waals surface area contributed by atoms with E-state index in [0.717, 1.165) is 0 Å². The third-order valence-corrected chi connectivity index (χ3v) is 8.74. The van der Waals surface area contributed by atoms with Crippen LogP contribution in [-0.4, -0.2) is 66.1 Å². The van der Waals surface area contributed by atoms with Gasteiger partial charge in [-0.25, -0.2) is 18.6 Å². The predicted molar refractivity (Wildman–Crippen MR) is 151 cm³/mol. The number of alkyl halides is 2. The lowest BCUT2D eigenvalue weighted by atomic mass is 9.85. The Kier molecular flexibility index (Phi) is 8.06. The number of carbonyl (C=O) groups is 3. The van der Waals surface area contributed by atoms with E-state index in [1.165, 1.54) is 18.1 Å². The number of alkyl carbamates (subject to hydrolysis) is 1. The van der Waals surface area contributed by atoms with E-state index in [1.807, 2.05) is 20.8 Å². The molecule has 2 aromatic rings. The zero-order chi connectivity index (χ0) is 30.4. The highest BCUT2D eigenvalue weighted by Gasteiger charge is 2.49. The third-order valence-electron chi connectivity index (χ3n) is 8.74. The summed E-state index contributed by atoms with van der Waals surface area (Å²) >= 11 is 0. The molecule has 0 unspecified atom stereocenters. The van der Waals surface area contributed by atoms with Crippen molar-refractivity contribution in [2.75, 3.05) is 13.7 Å². The number of rotatable bonds is 2. The first-order valence-corrected chi connectivity index (χ1v) is 14.6. The first kappa shape index (κ1) is 30.0. The van der Waals surface area contributed by atoms with Gasteiger partial charge in [-0.3, -0.25) is 4.79 Å². The number of nitrogens with zero attached hydrogens (tertiary/aromatic N) is 2. The van der Waals surface area contributed by atoms with Crippen molar-refractivity contribution in [3.8, 4) is 11.6 Å². The second-order valence-electron chi connectivity index (χ2n) is 12.9. The lowest BCUT2D eigenvalue weighted by molar-refractivity contribution is -0.139. The Morgan fingerprint density at radius 1 is 1.14 bits per heavy atom. The maximum atomic E-state index is 15.8. The highest BCUT2D eigenvalue weighted by Crippen LogP contribution is 2.43. The van der Waals surface area contributed by atoms with E-state index in [0.29, 0.717) is 42.2 Å². The fourth-order valence-corrected chi connectivity index (χ4v) is 5.98. The van der Waals surface area contributed by atoms with Crippen molar-refractivity contribution in [1.29, 1.82) is 0 Å². The third kappa shape index (κ3) is 6.01. The lowest BCUT2D eigenvalue weighted by Gasteiger charge is -2.34. The van der Waals surface area contributed by atoms with Crippen molar-refractivity contribution in [2.45, 2.75) is 90.0 Å². The zero-order valence-electron chi connectivity index (χ0n) is 24.7. The number of hydrogen-bond acceptors (Lipinski definition) is 7. The molecular formula is C31H39F2N3O6. The molecule has 2 fully saturated rings. The highest BCUT2D eigenvalue weighted by molar-refractivity contribution is 5.89. The monoisotopic (exact) mass is 587 g/mol. The first-order valence-electron chi connectivity index (χ1n) is 14.6. The van der Waals surface area contributed by atoms with Crippen molar-refractivity contribution in [1.82, 2.24) is 15.2 Å². The molecule has 1 saturated carbocycles. The molecule has 11 heteroatoms. The smallest absolute Gasteiger partial charge is 0.408 e. The Labute approximate surface area is 244 Å². The zero-order valence-corrected chi connectivity index (χ0v) is 24.7. The summed E-state index contributed by atoms with van der Waals surface area (Å²) in [6.45, 7) is 7.13. The van der Waals surface area contributed by atoms with Gasteiger partial charge in [0.1, 0.15) is 30.3 Å². The van der Waals surface area contributed by atoms with Crippen molar-refractivity contribution in [3.05, 3.63) is 29.8 Å². The van der Waals surface area contributed by atoms with Crippen molar-refractivity contribution >= 4 is 29.2 Å². The molecule has 1 aromatic heterocycles. The summed E-state index contributed by atoms with van der Waals surface area (Å²) in [7, 11) is 1.51. The van der Waals surface area contributed by atoms with Crippen LogP contribution in [0.1, 0.15) is 65.4 Å². The number of aromatic nitrogens is 1. The minimum Gasteiger partial charge on any atom is -0.497 e. The second kappa shape index (κ2) is 11.3. The van der Waals surface area contributed by atoms with E-state index >= 15 is 8.78 Å². The number of methoxy groups -OCH3 is 1. The second-order valence-corrected chi connectivity index (χ2v) is 12.9. The van der Waals surface area contributed by atoms with Crippen LogP contribution in [0.4, 0.5) is 13.6 Å². The number of nitrogens with one attached hydrogen (secondary N) is 1. The number of ether oxygens (including phenoxy) is 3. The number of pyridine rings is 1. The lowest BCUT2D eigenvalue weighted by Crippen LogP contribution is -2.56. The fraction of sp³-hybridized carbons (Fsp3) is 0.613. The average Bonchev–Trinajstić information content (AvgIpc) is 3.59. The summed E-state index contributed by atoms with van der Waals surface area (Å²) in [6.07, 6.45) is 0.588. The van der Waals surface area contributed by atoms with Crippen LogP contribution in [0.15, 0.2) is 24.3 Å². The number of fused-ring (bicyclic) bond motifs is 5. The molecule has 42 heavy (non-hydrogen) atoms. The number of carbonyl (C=O) groups excluding carboxylic acids is 3. The molecule has 1 N–H and O–H groups in total. The van der Waals surface area contributed by atoms with Gasteiger partial charge in [-0.2, -0.15) is 0 Å². The summed E-state index contributed by atoms with van der Waals surface area (Å²) < 4.78 is 48.8. The molecular weight excluding hydrogens is 548 g/mol. The van der Waals surface area contributed by atoms with Gasteiger partial charge in [-0.1, -0.05) is 34.1 Å². The molecule has 1 aliphatic carbocycles. The molecule has 6 atom stereocenters. The Morgan fingerprint density at radius 3 is 2.60 bits per heavy atom. The minimum absolute atomic E-state index is 0.0414. The maximum Gasteiger partial charge on any atom is 0.408 e. The van der Waals surface area contributed by atoms with Crippen LogP contribution < -0.4 is 14.8 Å². The van der Waals surface area contributed by atoms with Crippen LogP contribution in [0.2, 0.25) is 0 Å². The SMILES string of the molecule is COc1ccc2cc3c(nc2c1)O[C@H]1CN(C(=O)[C@H](C(C)(C)C)NC(=O)O[C@@H]2C[C@H]2CCCCC3(F)F)[C@H](C=O)[C@@H]1C. The molecule has 2 amide bonds. The van der Waals surface area contributed by atoms with E-state index < -0.39 is 53.9 Å². The molecule has 228 valence electrons. The van der Waals surface area contributed by atoms with E-state index in [2.05, 4.69) is 10.3 Å². The fourth-order valence-electron chi connectivity index (χ4n) is 5.98. The summed E-state index contributed by atoms with van der Waals surface area (Å²) in [5.41, 5.74) is -0.607. The molecule has 2 bridgehead atoms. The van der Waals surface area contributed by atoms with Gasteiger partial charge in [0.2, 0.25) is 11.8 Å². The molecule has 5 rings (SSSR count). The van der Waals surface area contributed by atoms with Crippen LogP contribution in [0.5, 0.6) is 11.6 Å². The van der Waals surface area contributed by atoms with E-state index in [-0.39, 0.29) is 36.4 Å². The number of aldehydes is 1. The highest BCUT2D eigenvalue weighted by atomic mass is 19.3. The number of halogens is 2. The predicted octanol–water partition coefficient (Wildman–Crippen LogP) is 5.23. The van der Waals surface area contributed by atoms with Gasteiger partial charge in [-0.15, -0.1) is 0 Å². The van der Waals surface area contributed by atoms with Gasteiger partial charge in [0.15, 0.2) is 0 Å². The summed E-state index contributed by atoms with van der Waals surface area (Å²) in [5.74, 6) is -3.84. The topological polar surface area (TPSA) is 107 Å². The normalized spacial score (nSPS) is 30.1. The van der Waals surface area contributed by atoms with Crippen LogP contribution in [0.25, 0.3) is 10.9 Å². The van der Waals surface area contributed by atoms with Gasteiger partial charge in [-0.05, 0) is 48.8 Å². The van der Waals surface area contributed by atoms with Gasteiger partial charge in [0, 0.05) is 23.8 Å². The molecule has 3 aliphatic rings. The largest absolute Gasteiger partial charge is 0.497 e. The standard InChI is InChI=1S/C31H39F2N3O6/c1-17-23(16-37)36-15-25(17)41-27-21(12-18-9-10-20(40-5)14-22(18)34-27)31(32,33)11-7-6-8-19-13-24(19)42-29(39)35-26(28(36)38)30(2,3)4/h9-10,12,14,16-17,19,23-26H,6-8,11,13,15H2,1-5H3,(H,35,39)/t17-,19+,23+,24+,25-,26+/m0/s1. The quantitative estimate of drug-likeness (QED) is 0.480. The van der Waals surface area contributed by atoms with Crippen molar-refractivity contribution in [3.63, 3.8) is 0 Å². The van der Waals surface area contributed by atoms with Gasteiger partial charge in [0.25, 0.3) is 5.92 Å². The van der Waals surface area contributed by atoms with Crippen LogP contribution >= 0.6 is 0 Å². The van der Waals surface area contributed by atoms with Crippen molar-refractivity contribution in [2.24, 2.45) is 17.3 Å². The molecule has 0 spiro atoms. The Bertz CT molecular complexity index is 1360. The minimum atomic E-state index is -3.24. The first-order chi connectivity index (χ1) is 19.8. The van der Waals surface area contributed by atoms with Crippen LogP contribution in [0, 0.1) is 17.3 Å². The molecule has 2 aliphatic heterocycles. The van der Waals surface area contributed by atoms with Gasteiger partial charge < -0.3 is 29.2 Å². The Balaban J connectivity index is 1.55. The maximum absolute atomic E-state index is 15.8. The average molecular weight is 588 g/mol. The Morgan fingerprint density at radius 2 is 1.90 bits per heavy atom. The molecule has 3 heterocycles. The summed E-state index contributed by atoms with van der Waals surface area (Å²) in [4.78, 5) is 44.8. The van der Waals surface area contributed by atoms with E-state index in [9.17, 15) is 14.4 Å². The number of hydrogen-bond donors (Lipinski definition) is 1. The van der Waals surface area contributed by atoms with Crippen LogP contribution in [0.3, 0.4) is 0 Å². The van der Waals surface area contributed by atoms with Gasteiger partial charge >= 0.3 is 6.09 Å². The number of amides is 2. The molecule has 1 saturated heterocycles. The van der Waals surface area contributed by atoms with Crippen LogP contribution in [-0.2, 0) is 20.2 Å². The van der Waals surface area contributed by atoms with E-state index in [1.54, 1.807) is 25.1 Å². The molecule has 9 nitrogen and oxygen atoms in total. The van der Waals surface area contributed by atoms with E-state index in [4.69, 9.17) is 14.2 Å². The Hall–Kier alpha value is -3.50. The van der Waals surface area contributed by atoms with Crippen molar-refractivity contribution < 1.29 is 37.4 Å².